The van der Waals surface area contributed by atoms with Gasteiger partial charge in [-0.3, -0.25) is 4.90 Å². The molecule has 4 heterocycles. The van der Waals surface area contributed by atoms with Crippen molar-refractivity contribution in [2.75, 3.05) is 39.8 Å². The van der Waals surface area contributed by atoms with Crippen molar-refractivity contribution in [2.45, 2.75) is 6.54 Å². The summed E-state index contributed by atoms with van der Waals surface area (Å²) in [6, 6.07) is 11.9. The van der Waals surface area contributed by atoms with Gasteiger partial charge in [-0.05, 0) is 13.1 Å². The number of H-pyrrole nitrogens is 1. The number of aromatic nitrogens is 5. The van der Waals surface area contributed by atoms with Crippen LogP contribution in [0.15, 0.2) is 48.8 Å². The van der Waals surface area contributed by atoms with E-state index in [1.54, 1.807) is 0 Å². The summed E-state index contributed by atoms with van der Waals surface area (Å²) in [5.74, 6) is 0. The van der Waals surface area contributed by atoms with Gasteiger partial charge in [-0.2, -0.15) is 5.10 Å². The van der Waals surface area contributed by atoms with Gasteiger partial charge >= 0.3 is 0 Å². The quantitative estimate of drug-likeness (QED) is 0.535. The Kier molecular flexibility index (Phi) is 5.25. The number of hydrogen-bond donors (Lipinski definition) is 1. The van der Waals surface area contributed by atoms with Crippen molar-refractivity contribution in [1.82, 2.24) is 34.8 Å². The van der Waals surface area contributed by atoms with E-state index in [2.05, 4.69) is 32.0 Å². The van der Waals surface area contributed by atoms with E-state index in [1.165, 1.54) is 0 Å². The van der Waals surface area contributed by atoms with Crippen LogP contribution < -0.4 is 0 Å². The van der Waals surface area contributed by atoms with Gasteiger partial charge in [0.05, 0.1) is 17.0 Å². The molecule has 1 saturated heterocycles. The van der Waals surface area contributed by atoms with Crippen LogP contribution in [0.2, 0.25) is 5.02 Å². The Morgan fingerprint density at radius 3 is 2.47 bits per heavy atom. The molecule has 0 amide bonds. The topological polar surface area (TPSA) is 65.9 Å². The van der Waals surface area contributed by atoms with Gasteiger partial charge in [-0.15, -0.1) is 10.2 Å². The lowest BCUT2D eigenvalue weighted by atomic mass is 10.1. The Labute approximate surface area is 180 Å². The van der Waals surface area contributed by atoms with Gasteiger partial charge < -0.3 is 9.88 Å². The van der Waals surface area contributed by atoms with Crippen molar-refractivity contribution in [1.29, 1.82) is 0 Å². The highest BCUT2D eigenvalue weighted by Gasteiger charge is 2.22. The first kappa shape index (κ1) is 19.2. The minimum absolute atomic E-state index is 0.591. The molecule has 0 radical (unpaired) electrons. The van der Waals surface area contributed by atoms with Crippen molar-refractivity contribution in [3.05, 3.63) is 53.8 Å². The maximum atomic E-state index is 6.89. The van der Waals surface area contributed by atoms with Crippen molar-refractivity contribution in [3.8, 4) is 22.5 Å². The highest BCUT2D eigenvalue weighted by molar-refractivity contribution is 6.38. The predicted molar refractivity (Wildman–Crippen MR) is 119 cm³/mol. The summed E-state index contributed by atoms with van der Waals surface area (Å²) in [5.41, 5.74) is 4.18. The summed E-state index contributed by atoms with van der Waals surface area (Å²) in [6.45, 7) is 6.02. The third-order valence-corrected chi connectivity index (χ3v) is 6.11. The molecule has 0 saturated carbocycles. The van der Waals surface area contributed by atoms with E-state index in [9.17, 15) is 0 Å². The van der Waals surface area contributed by atoms with Crippen LogP contribution in [0, 0.1) is 0 Å². The fourth-order valence-electron chi connectivity index (χ4n) is 3.93. The van der Waals surface area contributed by atoms with Gasteiger partial charge in [-0.1, -0.05) is 41.9 Å². The van der Waals surface area contributed by atoms with E-state index in [0.717, 1.165) is 67.1 Å². The standard InChI is InChI=1S/C22H24ClN7/c1-28-9-11-29(12-10-28)13-14-30-22-18(20(27-30)17-7-8-24-15-17)19(23)21(25-26-22)16-5-3-2-4-6-16/h2-8,15,24H,9-14H2,1H3. The molecule has 4 aromatic rings. The van der Waals surface area contributed by atoms with Gasteiger partial charge in [0.1, 0.15) is 11.4 Å². The van der Waals surface area contributed by atoms with Crippen molar-refractivity contribution >= 4 is 22.6 Å². The van der Waals surface area contributed by atoms with Gasteiger partial charge in [-0.25, -0.2) is 4.68 Å². The Morgan fingerprint density at radius 1 is 0.933 bits per heavy atom. The number of benzene rings is 1. The summed E-state index contributed by atoms with van der Waals surface area (Å²) in [4.78, 5) is 7.94. The maximum absolute atomic E-state index is 6.89. The third kappa shape index (κ3) is 3.60. The number of likely N-dealkylation sites (N-methyl/N-ethyl adjacent to an activating group) is 1. The molecule has 0 atom stereocenters. The van der Waals surface area contributed by atoms with Crippen LogP contribution in [0.4, 0.5) is 0 Å². The summed E-state index contributed by atoms with van der Waals surface area (Å²) >= 11 is 6.89. The zero-order valence-electron chi connectivity index (χ0n) is 16.9. The number of fused-ring (bicyclic) bond motifs is 1. The Hall–Kier alpha value is -2.74. The van der Waals surface area contributed by atoms with Crippen molar-refractivity contribution < 1.29 is 0 Å². The van der Waals surface area contributed by atoms with E-state index < -0.39 is 0 Å². The van der Waals surface area contributed by atoms with Crippen molar-refractivity contribution in [3.63, 3.8) is 0 Å². The molecular formula is C22H24ClN7. The molecule has 1 aliphatic heterocycles. The van der Waals surface area contributed by atoms with Crippen LogP contribution in [0.3, 0.4) is 0 Å². The number of halogens is 1. The van der Waals surface area contributed by atoms with E-state index in [1.807, 2.05) is 53.5 Å². The number of piperazine rings is 1. The summed E-state index contributed by atoms with van der Waals surface area (Å²) in [5, 5.41) is 15.4. The van der Waals surface area contributed by atoms with Gasteiger partial charge in [0, 0.05) is 56.2 Å². The number of hydrogen-bond acceptors (Lipinski definition) is 5. The SMILES string of the molecule is CN1CCN(CCn2nc(-c3cc[nH]c3)c3c(Cl)c(-c4ccccc4)nnc32)CC1. The number of rotatable bonds is 5. The highest BCUT2D eigenvalue weighted by atomic mass is 35.5. The van der Waals surface area contributed by atoms with E-state index in [-0.39, 0.29) is 0 Å². The molecule has 3 aromatic heterocycles. The first-order chi connectivity index (χ1) is 14.7. The Bertz CT molecular complexity index is 1130. The lowest BCUT2D eigenvalue weighted by Gasteiger charge is -2.32. The molecule has 0 aliphatic carbocycles. The molecule has 0 bridgehead atoms. The zero-order chi connectivity index (χ0) is 20.5. The number of aromatic amines is 1. The average molecular weight is 422 g/mol. The monoisotopic (exact) mass is 421 g/mol. The number of nitrogens with zero attached hydrogens (tertiary/aromatic N) is 6. The Balaban J connectivity index is 1.54. The lowest BCUT2D eigenvalue weighted by molar-refractivity contribution is 0.149. The van der Waals surface area contributed by atoms with Gasteiger partial charge in [0.2, 0.25) is 0 Å². The largest absolute Gasteiger partial charge is 0.367 e. The molecule has 154 valence electrons. The molecule has 1 aromatic carbocycles. The molecule has 0 unspecified atom stereocenters. The number of nitrogens with one attached hydrogen (secondary N) is 1. The molecule has 0 spiro atoms. The van der Waals surface area contributed by atoms with Crippen LogP contribution in [0.25, 0.3) is 33.5 Å². The minimum atomic E-state index is 0.591. The summed E-state index contributed by atoms with van der Waals surface area (Å²) in [6.07, 6.45) is 3.83. The van der Waals surface area contributed by atoms with E-state index in [4.69, 9.17) is 16.7 Å². The van der Waals surface area contributed by atoms with Crippen LogP contribution in [0.1, 0.15) is 0 Å². The molecule has 1 fully saturated rings. The van der Waals surface area contributed by atoms with Crippen LogP contribution >= 0.6 is 11.6 Å². The third-order valence-electron chi connectivity index (χ3n) is 5.74. The molecule has 1 aliphatic rings. The maximum Gasteiger partial charge on any atom is 0.182 e. The second-order valence-electron chi connectivity index (χ2n) is 7.74. The zero-order valence-corrected chi connectivity index (χ0v) is 17.7. The summed E-state index contributed by atoms with van der Waals surface area (Å²) < 4.78 is 1.95. The smallest absolute Gasteiger partial charge is 0.182 e. The molecule has 30 heavy (non-hydrogen) atoms. The molecule has 7 nitrogen and oxygen atoms in total. The second kappa shape index (κ2) is 8.18. The fourth-order valence-corrected chi connectivity index (χ4v) is 4.25. The lowest BCUT2D eigenvalue weighted by Crippen LogP contribution is -2.45. The molecular weight excluding hydrogens is 398 g/mol. The second-order valence-corrected chi connectivity index (χ2v) is 8.12. The molecule has 5 rings (SSSR count). The van der Waals surface area contributed by atoms with Crippen molar-refractivity contribution in [2.24, 2.45) is 0 Å². The van der Waals surface area contributed by atoms with Gasteiger partial charge in [0.25, 0.3) is 0 Å². The molecule has 1 N–H and O–H groups in total. The van der Waals surface area contributed by atoms with Crippen LogP contribution in [-0.4, -0.2) is 74.5 Å². The first-order valence-corrected chi connectivity index (χ1v) is 10.6. The first-order valence-electron chi connectivity index (χ1n) is 10.2. The van der Waals surface area contributed by atoms with Crippen LogP contribution in [0.5, 0.6) is 0 Å². The highest BCUT2D eigenvalue weighted by Crippen LogP contribution is 2.37. The molecule has 8 heteroatoms. The van der Waals surface area contributed by atoms with E-state index >= 15 is 0 Å². The van der Waals surface area contributed by atoms with E-state index in [0.29, 0.717) is 10.7 Å². The summed E-state index contributed by atoms with van der Waals surface area (Å²) in [7, 11) is 2.17. The minimum Gasteiger partial charge on any atom is -0.367 e. The normalized spacial score (nSPS) is 15.8. The van der Waals surface area contributed by atoms with Gasteiger partial charge in [0.15, 0.2) is 5.65 Å². The average Bonchev–Trinajstić information content (AvgIpc) is 3.43. The predicted octanol–water partition coefficient (Wildman–Crippen LogP) is 3.39. The van der Waals surface area contributed by atoms with Crippen LogP contribution in [-0.2, 0) is 6.54 Å². The fraction of sp³-hybridized carbons (Fsp3) is 0.318. The Morgan fingerprint density at radius 2 is 1.73 bits per heavy atom.